The summed E-state index contributed by atoms with van der Waals surface area (Å²) >= 11 is 0. The Labute approximate surface area is 136 Å². The summed E-state index contributed by atoms with van der Waals surface area (Å²) in [4.78, 5) is 24.8. The van der Waals surface area contributed by atoms with Gasteiger partial charge in [-0.1, -0.05) is 50.2 Å². The van der Waals surface area contributed by atoms with E-state index in [0.29, 0.717) is 5.56 Å². The van der Waals surface area contributed by atoms with Crippen molar-refractivity contribution in [2.75, 3.05) is 5.32 Å². The third-order valence-corrected chi connectivity index (χ3v) is 3.67. The van der Waals surface area contributed by atoms with E-state index in [4.69, 9.17) is 0 Å². The van der Waals surface area contributed by atoms with E-state index in [0.717, 1.165) is 11.3 Å². The van der Waals surface area contributed by atoms with Crippen LogP contribution in [-0.2, 0) is 4.79 Å². The zero-order valence-corrected chi connectivity index (χ0v) is 13.7. The Bertz CT molecular complexity index is 681. The van der Waals surface area contributed by atoms with Crippen LogP contribution in [0.5, 0.6) is 0 Å². The summed E-state index contributed by atoms with van der Waals surface area (Å²) < 4.78 is 0. The molecule has 2 aromatic carbocycles. The van der Waals surface area contributed by atoms with Crippen LogP contribution < -0.4 is 10.6 Å². The molecular formula is C19H22N2O2. The fraction of sp³-hybridized carbons (Fsp3) is 0.263. The first-order chi connectivity index (χ1) is 11.0. The van der Waals surface area contributed by atoms with E-state index in [-0.39, 0.29) is 17.7 Å². The molecule has 1 atom stereocenters. The molecule has 2 N–H and O–H groups in total. The van der Waals surface area contributed by atoms with Crippen LogP contribution in [0.25, 0.3) is 0 Å². The Morgan fingerprint density at radius 2 is 1.52 bits per heavy atom. The molecule has 23 heavy (non-hydrogen) atoms. The third-order valence-electron chi connectivity index (χ3n) is 3.67. The molecule has 0 aliphatic carbocycles. The number of nitrogens with one attached hydrogen (secondary N) is 2. The van der Waals surface area contributed by atoms with Gasteiger partial charge >= 0.3 is 0 Å². The minimum absolute atomic E-state index is 0.0216. The lowest BCUT2D eigenvalue weighted by molar-refractivity contribution is -0.118. The zero-order valence-electron chi connectivity index (χ0n) is 13.7. The lowest BCUT2D eigenvalue weighted by atomic mass is 10.0. The summed E-state index contributed by atoms with van der Waals surface area (Å²) in [7, 11) is 0. The number of carbonyl (C=O) groups is 2. The Morgan fingerprint density at radius 1 is 0.913 bits per heavy atom. The Balaban J connectivity index is 2.10. The fourth-order valence-corrected chi connectivity index (χ4v) is 2.27. The molecule has 0 aromatic heterocycles. The molecule has 2 rings (SSSR count). The smallest absolute Gasteiger partial charge is 0.251 e. The molecule has 0 radical (unpaired) electrons. The maximum atomic E-state index is 12.5. The van der Waals surface area contributed by atoms with Gasteiger partial charge in [-0.05, 0) is 36.6 Å². The van der Waals surface area contributed by atoms with Gasteiger partial charge in [0.1, 0.15) is 6.04 Å². The second-order valence-electron chi connectivity index (χ2n) is 5.87. The lowest BCUT2D eigenvalue weighted by Gasteiger charge is -2.22. The summed E-state index contributed by atoms with van der Waals surface area (Å²) in [5.74, 6) is -0.477. The van der Waals surface area contributed by atoms with E-state index in [9.17, 15) is 9.59 Å². The average Bonchev–Trinajstić information content (AvgIpc) is 2.55. The Hall–Kier alpha value is -2.62. The van der Waals surface area contributed by atoms with Crippen LogP contribution >= 0.6 is 0 Å². The lowest BCUT2D eigenvalue weighted by Crippen LogP contribution is -2.47. The summed E-state index contributed by atoms with van der Waals surface area (Å²) in [5, 5.41) is 5.72. The predicted octanol–water partition coefficient (Wildman–Crippen LogP) is 3.39. The number of aryl methyl sites for hydroxylation is 1. The molecule has 0 saturated heterocycles. The largest absolute Gasteiger partial charge is 0.340 e. The third kappa shape index (κ3) is 4.42. The highest BCUT2D eigenvalue weighted by Crippen LogP contribution is 2.15. The van der Waals surface area contributed by atoms with E-state index in [1.165, 1.54) is 0 Å². The van der Waals surface area contributed by atoms with Crippen molar-refractivity contribution < 1.29 is 9.59 Å². The molecule has 2 amide bonds. The number of para-hydroxylation sites is 1. The van der Waals surface area contributed by atoms with E-state index in [1.54, 1.807) is 24.3 Å². The maximum Gasteiger partial charge on any atom is 0.251 e. The topological polar surface area (TPSA) is 58.2 Å². The van der Waals surface area contributed by atoms with Gasteiger partial charge in [0.15, 0.2) is 0 Å². The molecule has 0 bridgehead atoms. The molecule has 0 aliphatic heterocycles. The van der Waals surface area contributed by atoms with Crippen molar-refractivity contribution in [2.45, 2.75) is 26.8 Å². The van der Waals surface area contributed by atoms with Crippen LogP contribution in [0.1, 0.15) is 29.8 Å². The molecule has 2 aromatic rings. The standard InChI is InChI=1S/C19H22N2O2/c1-13(2)17(21-18(22)15-10-5-4-6-11-15)19(23)20-16-12-8-7-9-14(16)3/h4-13,17H,1-3H3,(H,20,23)(H,21,22)/t17-/m1/s1. The average molecular weight is 310 g/mol. The van der Waals surface area contributed by atoms with Crippen LogP contribution in [-0.4, -0.2) is 17.9 Å². The second-order valence-corrected chi connectivity index (χ2v) is 5.87. The van der Waals surface area contributed by atoms with Crippen molar-refractivity contribution in [3.63, 3.8) is 0 Å². The van der Waals surface area contributed by atoms with Gasteiger partial charge in [-0.2, -0.15) is 0 Å². The van der Waals surface area contributed by atoms with Crippen LogP contribution in [0, 0.1) is 12.8 Å². The van der Waals surface area contributed by atoms with Crippen LogP contribution in [0.2, 0.25) is 0 Å². The molecular weight excluding hydrogens is 288 g/mol. The van der Waals surface area contributed by atoms with Crippen molar-refractivity contribution in [3.8, 4) is 0 Å². The Morgan fingerprint density at radius 3 is 2.13 bits per heavy atom. The monoisotopic (exact) mass is 310 g/mol. The number of amides is 2. The Kier molecular flexibility index (Phi) is 5.52. The molecule has 0 saturated carbocycles. The van der Waals surface area contributed by atoms with E-state index < -0.39 is 6.04 Å². The van der Waals surface area contributed by atoms with Gasteiger partial charge in [-0.25, -0.2) is 0 Å². The molecule has 0 heterocycles. The van der Waals surface area contributed by atoms with Gasteiger partial charge in [0.05, 0.1) is 0 Å². The normalized spacial score (nSPS) is 11.8. The maximum absolute atomic E-state index is 12.5. The first-order valence-electron chi connectivity index (χ1n) is 7.71. The van der Waals surface area contributed by atoms with E-state index >= 15 is 0 Å². The van der Waals surface area contributed by atoms with Crippen LogP contribution in [0.4, 0.5) is 5.69 Å². The van der Waals surface area contributed by atoms with Crippen molar-refractivity contribution in [2.24, 2.45) is 5.92 Å². The number of hydrogen-bond donors (Lipinski definition) is 2. The van der Waals surface area contributed by atoms with Crippen molar-refractivity contribution in [3.05, 3.63) is 65.7 Å². The van der Waals surface area contributed by atoms with Gasteiger partial charge in [0.25, 0.3) is 5.91 Å². The van der Waals surface area contributed by atoms with Gasteiger partial charge in [-0.3, -0.25) is 9.59 Å². The molecule has 4 nitrogen and oxygen atoms in total. The highest BCUT2D eigenvalue weighted by Gasteiger charge is 2.25. The summed E-state index contributed by atoms with van der Waals surface area (Å²) in [6, 6.07) is 15.9. The summed E-state index contributed by atoms with van der Waals surface area (Å²) in [6.45, 7) is 5.75. The number of carbonyl (C=O) groups excluding carboxylic acids is 2. The van der Waals surface area contributed by atoms with E-state index in [2.05, 4.69) is 10.6 Å². The summed E-state index contributed by atoms with van der Waals surface area (Å²) in [5.41, 5.74) is 2.29. The number of rotatable bonds is 5. The summed E-state index contributed by atoms with van der Waals surface area (Å²) in [6.07, 6.45) is 0. The minimum atomic E-state index is -0.595. The molecule has 0 fully saturated rings. The van der Waals surface area contributed by atoms with Gasteiger partial charge in [0.2, 0.25) is 5.91 Å². The fourth-order valence-electron chi connectivity index (χ4n) is 2.27. The second kappa shape index (κ2) is 7.58. The molecule has 0 spiro atoms. The van der Waals surface area contributed by atoms with E-state index in [1.807, 2.05) is 51.1 Å². The van der Waals surface area contributed by atoms with Gasteiger partial charge in [0, 0.05) is 11.3 Å². The van der Waals surface area contributed by atoms with Crippen molar-refractivity contribution in [1.82, 2.24) is 5.32 Å². The highest BCUT2D eigenvalue weighted by atomic mass is 16.2. The first-order valence-corrected chi connectivity index (χ1v) is 7.71. The van der Waals surface area contributed by atoms with Gasteiger partial charge in [-0.15, -0.1) is 0 Å². The number of anilines is 1. The SMILES string of the molecule is Cc1ccccc1NC(=O)[C@H](NC(=O)c1ccccc1)C(C)C. The van der Waals surface area contributed by atoms with Crippen LogP contribution in [0.3, 0.4) is 0 Å². The quantitative estimate of drug-likeness (QED) is 0.889. The molecule has 120 valence electrons. The molecule has 4 heteroatoms. The minimum Gasteiger partial charge on any atom is -0.340 e. The number of benzene rings is 2. The molecule has 0 aliphatic rings. The van der Waals surface area contributed by atoms with Crippen molar-refractivity contribution in [1.29, 1.82) is 0 Å². The number of hydrogen-bond acceptors (Lipinski definition) is 2. The van der Waals surface area contributed by atoms with Crippen LogP contribution in [0.15, 0.2) is 54.6 Å². The predicted molar refractivity (Wildman–Crippen MR) is 92.3 cm³/mol. The first kappa shape index (κ1) is 16.7. The molecule has 0 unspecified atom stereocenters. The van der Waals surface area contributed by atoms with Gasteiger partial charge < -0.3 is 10.6 Å². The zero-order chi connectivity index (χ0) is 16.8. The van der Waals surface area contributed by atoms with Crippen molar-refractivity contribution >= 4 is 17.5 Å². The highest BCUT2D eigenvalue weighted by molar-refractivity contribution is 6.01.